The SMILES string of the molecule is O=C(CO[C@H]1CC[C@H](Nc2ccc([N+](=O)[O-])c(C(F)(F)F)n2)CC1)N1CCN(c2ccccc2)CC1. The molecule has 12 heteroatoms. The molecule has 1 amide bonds. The molecule has 9 nitrogen and oxygen atoms in total. The predicted molar refractivity (Wildman–Crippen MR) is 127 cm³/mol. The monoisotopic (exact) mass is 507 g/mol. The summed E-state index contributed by atoms with van der Waals surface area (Å²) in [7, 11) is 0. The van der Waals surface area contributed by atoms with Crippen LogP contribution in [0.25, 0.3) is 0 Å². The second-order valence-electron chi connectivity index (χ2n) is 8.95. The Morgan fingerprint density at radius 2 is 1.72 bits per heavy atom. The molecule has 1 aromatic heterocycles. The normalized spacial score (nSPS) is 20.8. The summed E-state index contributed by atoms with van der Waals surface area (Å²) >= 11 is 0. The van der Waals surface area contributed by atoms with Gasteiger partial charge in [-0.15, -0.1) is 0 Å². The van der Waals surface area contributed by atoms with Crippen molar-refractivity contribution in [3.63, 3.8) is 0 Å². The number of benzene rings is 1. The van der Waals surface area contributed by atoms with Crippen LogP contribution in [0.4, 0.5) is 30.4 Å². The second kappa shape index (κ2) is 11.1. The van der Waals surface area contributed by atoms with E-state index >= 15 is 0 Å². The van der Waals surface area contributed by atoms with Gasteiger partial charge in [-0.3, -0.25) is 14.9 Å². The molecule has 2 aromatic rings. The van der Waals surface area contributed by atoms with Crippen LogP contribution in [0.1, 0.15) is 31.4 Å². The van der Waals surface area contributed by atoms with Crippen LogP contribution in [0.3, 0.4) is 0 Å². The van der Waals surface area contributed by atoms with Crippen LogP contribution in [0.15, 0.2) is 42.5 Å². The number of hydrogen-bond donors (Lipinski definition) is 1. The number of rotatable bonds is 7. The Kier molecular flexibility index (Phi) is 7.92. The van der Waals surface area contributed by atoms with Crippen molar-refractivity contribution in [2.75, 3.05) is 43.0 Å². The molecule has 0 spiro atoms. The van der Waals surface area contributed by atoms with Crippen molar-refractivity contribution in [2.24, 2.45) is 0 Å². The quantitative estimate of drug-likeness (QED) is 0.445. The van der Waals surface area contributed by atoms with Crippen molar-refractivity contribution < 1.29 is 27.6 Å². The third-order valence-corrected chi connectivity index (χ3v) is 6.56. The topological polar surface area (TPSA) is 101 Å². The van der Waals surface area contributed by atoms with Gasteiger partial charge in [-0.2, -0.15) is 13.2 Å². The first-order chi connectivity index (χ1) is 17.2. The number of anilines is 2. The molecule has 1 aromatic carbocycles. The van der Waals surface area contributed by atoms with E-state index in [2.05, 4.69) is 27.3 Å². The Balaban J connectivity index is 1.20. The van der Waals surface area contributed by atoms with E-state index in [1.165, 1.54) is 6.07 Å². The van der Waals surface area contributed by atoms with E-state index in [1.807, 2.05) is 23.1 Å². The smallest absolute Gasteiger partial charge is 0.368 e. The van der Waals surface area contributed by atoms with Gasteiger partial charge in [0.2, 0.25) is 11.6 Å². The lowest BCUT2D eigenvalue weighted by molar-refractivity contribution is -0.388. The van der Waals surface area contributed by atoms with Crippen molar-refractivity contribution >= 4 is 23.1 Å². The zero-order valence-corrected chi connectivity index (χ0v) is 19.6. The average molecular weight is 508 g/mol. The third-order valence-electron chi connectivity index (χ3n) is 6.56. The lowest BCUT2D eigenvalue weighted by Crippen LogP contribution is -2.50. The van der Waals surface area contributed by atoms with Gasteiger partial charge in [-0.25, -0.2) is 4.98 Å². The Bertz CT molecular complexity index is 1050. The highest BCUT2D eigenvalue weighted by Crippen LogP contribution is 2.35. The lowest BCUT2D eigenvalue weighted by atomic mass is 9.93. The highest BCUT2D eigenvalue weighted by atomic mass is 19.4. The van der Waals surface area contributed by atoms with E-state index in [0.717, 1.165) is 24.8 Å². The first kappa shape index (κ1) is 25.7. The van der Waals surface area contributed by atoms with Crippen LogP contribution < -0.4 is 10.2 Å². The molecule has 0 atom stereocenters. The van der Waals surface area contributed by atoms with E-state index in [4.69, 9.17) is 4.74 Å². The van der Waals surface area contributed by atoms with Gasteiger partial charge >= 0.3 is 6.18 Å². The molecule has 0 radical (unpaired) electrons. The second-order valence-corrected chi connectivity index (χ2v) is 8.95. The number of piperazine rings is 1. The predicted octanol–water partition coefficient (Wildman–Crippen LogP) is 4.10. The van der Waals surface area contributed by atoms with Crippen molar-refractivity contribution in [3.05, 3.63) is 58.3 Å². The summed E-state index contributed by atoms with van der Waals surface area (Å²) in [6.45, 7) is 2.80. The number of nitrogens with zero attached hydrogens (tertiary/aromatic N) is 4. The number of pyridine rings is 1. The van der Waals surface area contributed by atoms with Gasteiger partial charge in [-0.1, -0.05) is 18.2 Å². The van der Waals surface area contributed by atoms with E-state index in [-0.39, 0.29) is 30.5 Å². The number of aromatic nitrogens is 1. The van der Waals surface area contributed by atoms with E-state index in [9.17, 15) is 28.1 Å². The number of para-hydroxylation sites is 1. The summed E-state index contributed by atoms with van der Waals surface area (Å²) in [5.41, 5.74) is -1.45. The molecule has 1 saturated carbocycles. The van der Waals surface area contributed by atoms with Gasteiger partial charge in [0.15, 0.2) is 0 Å². The fourth-order valence-electron chi connectivity index (χ4n) is 4.60. The molecule has 0 unspecified atom stereocenters. The maximum atomic E-state index is 13.2. The summed E-state index contributed by atoms with van der Waals surface area (Å²) < 4.78 is 45.3. The van der Waals surface area contributed by atoms with Crippen molar-refractivity contribution in [1.29, 1.82) is 0 Å². The summed E-state index contributed by atoms with van der Waals surface area (Å²) in [6, 6.07) is 11.9. The Morgan fingerprint density at radius 1 is 1.06 bits per heavy atom. The van der Waals surface area contributed by atoms with Crippen molar-refractivity contribution in [3.8, 4) is 0 Å². The van der Waals surface area contributed by atoms with Crippen LogP contribution in [0, 0.1) is 10.1 Å². The molecular formula is C24H28F3N5O4. The zero-order valence-electron chi connectivity index (χ0n) is 19.6. The standard InChI is InChI=1S/C24H28F3N5O4/c25-24(26,27)23-20(32(34)35)10-11-21(29-23)28-17-6-8-19(9-7-17)36-16-22(33)31-14-12-30(13-15-31)18-4-2-1-3-5-18/h1-5,10-11,17,19H,6-9,12-16H2,(H,28,29)/t17-,19-. The fraction of sp³-hybridized carbons (Fsp3) is 0.500. The number of amides is 1. The molecular weight excluding hydrogens is 479 g/mol. The molecule has 2 aliphatic rings. The number of hydrogen-bond acceptors (Lipinski definition) is 7. The maximum absolute atomic E-state index is 13.2. The van der Waals surface area contributed by atoms with Crippen LogP contribution in [-0.2, 0) is 15.7 Å². The largest absolute Gasteiger partial charge is 0.440 e. The van der Waals surface area contributed by atoms with Gasteiger partial charge in [-0.05, 0) is 43.9 Å². The lowest BCUT2D eigenvalue weighted by Gasteiger charge is -2.36. The van der Waals surface area contributed by atoms with E-state index in [1.54, 1.807) is 0 Å². The van der Waals surface area contributed by atoms with Crippen LogP contribution in [0.5, 0.6) is 0 Å². The van der Waals surface area contributed by atoms with Gasteiger partial charge in [0, 0.05) is 44.0 Å². The van der Waals surface area contributed by atoms with Gasteiger partial charge in [0.25, 0.3) is 5.69 Å². The van der Waals surface area contributed by atoms with Crippen LogP contribution in [0.2, 0.25) is 0 Å². The minimum Gasteiger partial charge on any atom is -0.368 e. The van der Waals surface area contributed by atoms with Crippen LogP contribution in [-0.4, -0.2) is 65.6 Å². The van der Waals surface area contributed by atoms with E-state index in [0.29, 0.717) is 38.8 Å². The Hall–Kier alpha value is -3.41. The number of ether oxygens (including phenoxy) is 1. The third kappa shape index (κ3) is 6.42. The first-order valence-electron chi connectivity index (χ1n) is 11.9. The average Bonchev–Trinajstić information content (AvgIpc) is 2.88. The number of carbonyl (C=O) groups excluding carboxylic acids is 1. The molecule has 1 saturated heterocycles. The van der Waals surface area contributed by atoms with Gasteiger partial charge in [0.05, 0.1) is 11.0 Å². The highest BCUT2D eigenvalue weighted by molar-refractivity contribution is 5.77. The zero-order chi connectivity index (χ0) is 25.7. The number of halogens is 3. The molecule has 1 N–H and O–H groups in total. The molecule has 1 aliphatic carbocycles. The van der Waals surface area contributed by atoms with Crippen LogP contribution >= 0.6 is 0 Å². The summed E-state index contributed by atoms with van der Waals surface area (Å²) in [6.07, 6.45) is -2.50. The first-order valence-corrected chi connectivity index (χ1v) is 11.9. The number of nitro groups is 1. The van der Waals surface area contributed by atoms with Crippen molar-refractivity contribution in [2.45, 2.75) is 44.0 Å². The Morgan fingerprint density at radius 3 is 2.33 bits per heavy atom. The van der Waals surface area contributed by atoms with E-state index < -0.39 is 22.5 Å². The molecule has 194 valence electrons. The molecule has 4 rings (SSSR count). The van der Waals surface area contributed by atoms with Crippen molar-refractivity contribution in [1.82, 2.24) is 9.88 Å². The number of nitrogens with one attached hydrogen (secondary N) is 1. The maximum Gasteiger partial charge on any atom is 0.440 e. The highest BCUT2D eigenvalue weighted by Gasteiger charge is 2.40. The summed E-state index contributed by atoms with van der Waals surface area (Å²) in [5, 5.41) is 13.8. The summed E-state index contributed by atoms with van der Waals surface area (Å²) in [4.78, 5) is 29.9. The minimum absolute atomic E-state index is 0.00689. The minimum atomic E-state index is -4.92. The molecule has 1 aliphatic heterocycles. The Labute approximate surface area is 206 Å². The molecule has 2 fully saturated rings. The van der Waals surface area contributed by atoms with Gasteiger partial charge < -0.3 is 19.9 Å². The van der Waals surface area contributed by atoms with Gasteiger partial charge in [0.1, 0.15) is 12.4 Å². The molecule has 2 heterocycles. The molecule has 0 bridgehead atoms. The number of carbonyl (C=O) groups is 1. The summed E-state index contributed by atoms with van der Waals surface area (Å²) in [5.74, 6) is -0.0974. The molecule has 36 heavy (non-hydrogen) atoms. The number of alkyl halides is 3. The fourth-order valence-corrected chi connectivity index (χ4v) is 4.60.